The minimum atomic E-state index is -4.97. The number of halogens is 3. The Kier molecular flexibility index (Phi) is 3.83. The molecule has 0 aliphatic heterocycles. The monoisotopic (exact) mass is 373 g/mol. The van der Waals surface area contributed by atoms with Crippen LogP contribution >= 0.6 is 0 Å². The maximum absolute atomic E-state index is 12.9. The summed E-state index contributed by atoms with van der Waals surface area (Å²) in [6.45, 7) is 0.0785. The quantitative estimate of drug-likeness (QED) is 0.705. The van der Waals surface area contributed by atoms with Crippen molar-refractivity contribution in [1.29, 1.82) is 0 Å². The topological polar surface area (TPSA) is 108 Å². The van der Waals surface area contributed by atoms with Crippen molar-refractivity contribution in [1.82, 2.24) is 23.8 Å². The highest BCUT2D eigenvalue weighted by Gasteiger charge is 2.53. The predicted octanol–water partition coefficient (Wildman–Crippen LogP) is 0.240. The van der Waals surface area contributed by atoms with Gasteiger partial charge in [0.15, 0.2) is 16.9 Å². The zero-order chi connectivity index (χ0) is 19.4. The highest BCUT2D eigenvalue weighted by atomic mass is 19.4. The van der Waals surface area contributed by atoms with E-state index >= 15 is 0 Å². The van der Waals surface area contributed by atoms with E-state index in [9.17, 15) is 27.9 Å². The summed E-state index contributed by atoms with van der Waals surface area (Å²) in [4.78, 5) is 28.9. The van der Waals surface area contributed by atoms with Crippen LogP contribution in [0.1, 0.15) is 18.4 Å². The summed E-state index contributed by atoms with van der Waals surface area (Å²) >= 11 is 0. The van der Waals surface area contributed by atoms with Gasteiger partial charge in [-0.25, -0.2) is 9.78 Å². The lowest BCUT2D eigenvalue weighted by molar-refractivity contribution is -0.260. The molecule has 3 aromatic heterocycles. The minimum absolute atomic E-state index is 0.147. The number of alkyl halides is 3. The van der Waals surface area contributed by atoms with E-state index in [-0.39, 0.29) is 16.9 Å². The predicted molar refractivity (Wildman–Crippen MR) is 81.4 cm³/mol. The van der Waals surface area contributed by atoms with Crippen LogP contribution in [0, 0.1) is 0 Å². The molecule has 0 spiro atoms. The fourth-order valence-corrected chi connectivity index (χ4v) is 2.45. The first-order chi connectivity index (χ1) is 11.9. The van der Waals surface area contributed by atoms with Gasteiger partial charge in [-0.1, -0.05) is 5.16 Å². The molecule has 0 aliphatic carbocycles. The Morgan fingerprint density at radius 3 is 2.54 bits per heavy atom. The minimum Gasteiger partial charge on any atom is -0.375 e. The molecule has 9 nitrogen and oxygen atoms in total. The van der Waals surface area contributed by atoms with Crippen LogP contribution in [0.25, 0.3) is 11.2 Å². The summed E-state index contributed by atoms with van der Waals surface area (Å²) in [6, 6.07) is 0.854. The first-order valence-corrected chi connectivity index (χ1v) is 7.31. The highest BCUT2D eigenvalue weighted by Crippen LogP contribution is 2.37. The molecule has 0 aromatic carbocycles. The Bertz CT molecular complexity index is 1100. The Hall–Kier alpha value is -2.89. The highest BCUT2D eigenvalue weighted by molar-refractivity contribution is 5.69. The Morgan fingerprint density at radius 1 is 1.27 bits per heavy atom. The van der Waals surface area contributed by atoms with Gasteiger partial charge in [0.05, 0.1) is 12.9 Å². The zero-order valence-electron chi connectivity index (χ0n) is 13.9. The van der Waals surface area contributed by atoms with Crippen LogP contribution in [0.4, 0.5) is 13.2 Å². The SMILES string of the molecule is Cn1cnc2c1c(=O)n(Cc1cc(C(C)(O)C(F)(F)F)no1)c(=O)n2C. The average molecular weight is 373 g/mol. The molecule has 0 radical (unpaired) electrons. The molecule has 3 aromatic rings. The van der Waals surface area contributed by atoms with Crippen molar-refractivity contribution >= 4 is 11.2 Å². The Morgan fingerprint density at radius 2 is 1.92 bits per heavy atom. The second-order valence-electron chi connectivity index (χ2n) is 6.01. The molecule has 12 heteroatoms. The molecular weight excluding hydrogens is 359 g/mol. The summed E-state index contributed by atoms with van der Waals surface area (Å²) in [5.74, 6) is -0.190. The van der Waals surface area contributed by atoms with Gasteiger partial charge in [0.1, 0.15) is 5.69 Å². The molecule has 3 heterocycles. The second kappa shape index (κ2) is 5.56. The van der Waals surface area contributed by atoms with E-state index in [4.69, 9.17) is 4.52 Å². The number of hydrogen-bond donors (Lipinski definition) is 1. The van der Waals surface area contributed by atoms with E-state index in [0.29, 0.717) is 6.92 Å². The van der Waals surface area contributed by atoms with Crippen molar-refractivity contribution in [2.75, 3.05) is 0 Å². The van der Waals surface area contributed by atoms with Crippen LogP contribution in [0.3, 0.4) is 0 Å². The van der Waals surface area contributed by atoms with Crippen LogP contribution in [-0.4, -0.2) is 35.1 Å². The van der Waals surface area contributed by atoms with Gasteiger partial charge in [0, 0.05) is 20.2 Å². The van der Waals surface area contributed by atoms with E-state index in [1.807, 2.05) is 0 Å². The number of aryl methyl sites for hydroxylation is 2. The molecule has 0 bridgehead atoms. The smallest absolute Gasteiger partial charge is 0.375 e. The fraction of sp³-hybridized carbons (Fsp3) is 0.429. The fourth-order valence-electron chi connectivity index (χ4n) is 2.45. The third-order valence-electron chi connectivity index (χ3n) is 4.12. The van der Waals surface area contributed by atoms with Gasteiger partial charge in [0.25, 0.3) is 5.56 Å². The number of nitrogens with zero attached hydrogens (tertiary/aromatic N) is 5. The normalized spacial score (nSPS) is 14.7. The van der Waals surface area contributed by atoms with Crippen LogP contribution in [0.15, 0.2) is 26.5 Å². The van der Waals surface area contributed by atoms with E-state index in [0.717, 1.165) is 15.2 Å². The number of fused-ring (bicyclic) bond motifs is 1. The van der Waals surface area contributed by atoms with Crippen molar-refractivity contribution < 1.29 is 22.8 Å². The molecular formula is C14H14F3N5O4. The number of imidazole rings is 1. The van der Waals surface area contributed by atoms with Crippen molar-refractivity contribution in [3.05, 3.63) is 44.7 Å². The second-order valence-corrected chi connectivity index (χ2v) is 6.01. The van der Waals surface area contributed by atoms with Gasteiger partial charge in [-0.3, -0.25) is 13.9 Å². The van der Waals surface area contributed by atoms with E-state index in [2.05, 4.69) is 10.1 Å². The van der Waals surface area contributed by atoms with Crippen molar-refractivity contribution in [2.45, 2.75) is 25.2 Å². The first-order valence-electron chi connectivity index (χ1n) is 7.31. The summed E-state index contributed by atoms with van der Waals surface area (Å²) in [7, 11) is 2.98. The van der Waals surface area contributed by atoms with Crippen molar-refractivity contribution in [2.24, 2.45) is 14.1 Å². The number of rotatable bonds is 3. The van der Waals surface area contributed by atoms with Gasteiger partial charge in [-0.2, -0.15) is 13.2 Å². The van der Waals surface area contributed by atoms with Crippen molar-refractivity contribution in [3.8, 4) is 0 Å². The van der Waals surface area contributed by atoms with E-state index < -0.39 is 35.3 Å². The van der Waals surface area contributed by atoms with Crippen LogP contribution < -0.4 is 11.2 Å². The van der Waals surface area contributed by atoms with Gasteiger partial charge < -0.3 is 14.2 Å². The van der Waals surface area contributed by atoms with Crippen molar-refractivity contribution in [3.63, 3.8) is 0 Å². The van der Waals surface area contributed by atoms with Crippen LogP contribution in [0.2, 0.25) is 0 Å². The molecule has 26 heavy (non-hydrogen) atoms. The zero-order valence-corrected chi connectivity index (χ0v) is 13.9. The molecule has 1 N–H and O–H groups in total. The average Bonchev–Trinajstić information content (AvgIpc) is 3.15. The van der Waals surface area contributed by atoms with Crippen LogP contribution in [-0.2, 0) is 26.2 Å². The Balaban J connectivity index is 2.08. The molecule has 140 valence electrons. The summed E-state index contributed by atoms with van der Waals surface area (Å²) < 4.78 is 46.7. The van der Waals surface area contributed by atoms with Gasteiger partial charge >= 0.3 is 11.9 Å². The maximum Gasteiger partial charge on any atom is 0.422 e. The molecule has 0 aliphatic rings. The number of aliphatic hydroxyl groups is 1. The lowest BCUT2D eigenvalue weighted by Gasteiger charge is -2.23. The molecule has 0 amide bonds. The summed E-state index contributed by atoms with van der Waals surface area (Å²) in [5, 5.41) is 12.8. The molecule has 0 saturated carbocycles. The summed E-state index contributed by atoms with van der Waals surface area (Å²) in [6.07, 6.45) is -3.61. The lowest BCUT2D eigenvalue weighted by Crippen LogP contribution is -2.40. The third kappa shape index (κ3) is 2.53. The molecule has 0 saturated heterocycles. The Labute approximate surface area is 142 Å². The molecule has 1 atom stereocenters. The standard InChI is InChI=1S/C14H14F3N5O4/c1-13(25,14(15,16)17)8-4-7(26-19-8)5-22-11(23)9-10(18-6-20(9)2)21(3)12(22)24/h4,6,25H,5H2,1-3H3. The summed E-state index contributed by atoms with van der Waals surface area (Å²) in [5.41, 5.74) is -5.07. The lowest BCUT2D eigenvalue weighted by atomic mass is 10.0. The molecule has 0 fully saturated rings. The van der Waals surface area contributed by atoms with E-state index in [1.165, 1.54) is 17.9 Å². The molecule has 3 rings (SSSR count). The molecule has 1 unspecified atom stereocenters. The number of hydrogen-bond acceptors (Lipinski definition) is 6. The van der Waals surface area contributed by atoms with Crippen LogP contribution in [0.5, 0.6) is 0 Å². The largest absolute Gasteiger partial charge is 0.422 e. The van der Waals surface area contributed by atoms with E-state index in [1.54, 1.807) is 7.05 Å². The van der Waals surface area contributed by atoms with Gasteiger partial charge in [-0.05, 0) is 6.92 Å². The maximum atomic E-state index is 12.9. The van der Waals surface area contributed by atoms with Gasteiger partial charge in [-0.15, -0.1) is 0 Å². The third-order valence-corrected chi connectivity index (χ3v) is 4.12. The number of aromatic nitrogens is 5. The first kappa shape index (κ1) is 17.9. The van der Waals surface area contributed by atoms with Gasteiger partial charge in [0.2, 0.25) is 5.60 Å².